The molecule has 0 radical (unpaired) electrons. The van der Waals surface area contributed by atoms with Crippen LogP contribution in [0, 0.1) is 0 Å². The van der Waals surface area contributed by atoms with Crippen LogP contribution in [0.2, 0.25) is 0 Å². The Balaban J connectivity index is 2.64. The van der Waals surface area contributed by atoms with E-state index in [-0.39, 0.29) is 11.9 Å². The number of benzene rings is 1. The summed E-state index contributed by atoms with van der Waals surface area (Å²) in [5, 5.41) is 2.98. The molecule has 17 heavy (non-hydrogen) atoms. The van der Waals surface area contributed by atoms with Crippen LogP contribution in [0.15, 0.2) is 24.3 Å². The molecule has 2 nitrogen and oxygen atoms in total. The number of amides is 1. The summed E-state index contributed by atoms with van der Waals surface area (Å²) in [5.74, 6) is 0.622. The van der Waals surface area contributed by atoms with E-state index in [9.17, 15) is 4.79 Å². The topological polar surface area (TPSA) is 29.1 Å². The second kappa shape index (κ2) is 6.43. The van der Waals surface area contributed by atoms with Gasteiger partial charge in [0.1, 0.15) is 0 Å². The third-order valence-corrected chi connectivity index (χ3v) is 3.03. The summed E-state index contributed by atoms with van der Waals surface area (Å²) in [7, 11) is 0. The van der Waals surface area contributed by atoms with Gasteiger partial charge in [-0.3, -0.25) is 4.79 Å². The zero-order valence-electron chi connectivity index (χ0n) is 11.3. The predicted molar refractivity (Wildman–Crippen MR) is 72.1 cm³/mol. The molecular formula is C15H23NO. The van der Waals surface area contributed by atoms with Crippen LogP contribution in [0.4, 0.5) is 0 Å². The Bertz CT molecular complexity index is 354. The number of carbonyl (C=O) groups excluding carboxylic acids is 1. The molecule has 2 heteroatoms. The maximum absolute atomic E-state index is 11.0. The van der Waals surface area contributed by atoms with Crippen LogP contribution in [0.25, 0.3) is 0 Å². The smallest absolute Gasteiger partial charge is 0.217 e. The molecule has 1 amide bonds. The first-order valence-corrected chi connectivity index (χ1v) is 6.38. The van der Waals surface area contributed by atoms with E-state index >= 15 is 0 Å². The monoisotopic (exact) mass is 233 g/mol. The SMILES string of the molecule is CCC(Cc1ccc(C(C)C)cc1)NC(C)=O. The quantitative estimate of drug-likeness (QED) is 0.831. The van der Waals surface area contributed by atoms with Gasteiger partial charge < -0.3 is 5.32 Å². The lowest BCUT2D eigenvalue weighted by molar-refractivity contribution is -0.119. The fraction of sp³-hybridized carbons (Fsp3) is 0.533. The van der Waals surface area contributed by atoms with Crippen molar-refractivity contribution >= 4 is 5.91 Å². The summed E-state index contributed by atoms with van der Waals surface area (Å²) >= 11 is 0. The fourth-order valence-electron chi connectivity index (χ4n) is 1.91. The van der Waals surface area contributed by atoms with Gasteiger partial charge in [-0.2, -0.15) is 0 Å². The van der Waals surface area contributed by atoms with Gasteiger partial charge in [-0.25, -0.2) is 0 Å². The fourth-order valence-corrected chi connectivity index (χ4v) is 1.91. The van der Waals surface area contributed by atoms with Crippen molar-refractivity contribution < 1.29 is 4.79 Å². The normalized spacial score (nSPS) is 12.5. The Kier molecular flexibility index (Phi) is 5.20. The highest BCUT2D eigenvalue weighted by Crippen LogP contribution is 2.15. The molecule has 1 atom stereocenters. The van der Waals surface area contributed by atoms with Gasteiger partial charge in [-0.1, -0.05) is 45.0 Å². The number of nitrogens with one attached hydrogen (secondary N) is 1. The lowest BCUT2D eigenvalue weighted by Gasteiger charge is -2.16. The molecule has 1 rings (SSSR count). The zero-order chi connectivity index (χ0) is 12.8. The van der Waals surface area contributed by atoms with Crippen LogP contribution in [0.1, 0.15) is 51.2 Å². The van der Waals surface area contributed by atoms with Crippen molar-refractivity contribution in [3.05, 3.63) is 35.4 Å². The third kappa shape index (κ3) is 4.59. The lowest BCUT2D eigenvalue weighted by atomic mass is 9.98. The summed E-state index contributed by atoms with van der Waals surface area (Å²) in [6.45, 7) is 8.07. The van der Waals surface area contributed by atoms with Crippen LogP contribution >= 0.6 is 0 Å². The standard InChI is InChI=1S/C15H23NO/c1-5-15(16-12(4)17)10-13-6-8-14(9-7-13)11(2)3/h6-9,11,15H,5,10H2,1-4H3,(H,16,17). The first kappa shape index (κ1) is 13.8. The largest absolute Gasteiger partial charge is 0.353 e. The van der Waals surface area contributed by atoms with Crippen LogP contribution in [-0.2, 0) is 11.2 Å². The Morgan fingerprint density at radius 3 is 2.24 bits per heavy atom. The average molecular weight is 233 g/mol. The number of hydrogen-bond donors (Lipinski definition) is 1. The highest BCUT2D eigenvalue weighted by molar-refractivity contribution is 5.73. The minimum Gasteiger partial charge on any atom is -0.353 e. The van der Waals surface area contributed by atoms with Gasteiger partial charge in [-0.15, -0.1) is 0 Å². The van der Waals surface area contributed by atoms with Gasteiger partial charge >= 0.3 is 0 Å². The molecule has 1 aromatic carbocycles. The van der Waals surface area contributed by atoms with E-state index in [0.717, 1.165) is 12.8 Å². The molecule has 0 spiro atoms. The molecule has 0 aliphatic carbocycles. The van der Waals surface area contributed by atoms with E-state index in [2.05, 4.69) is 50.4 Å². The number of rotatable bonds is 5. The molecule has 0 aliphatic heterocycles. The second-order valence-corrected chi connectivity index (χ2v) is 4.91. The van der Waals surface area contributed by atoms with Crippen molar-refractivity contribution in [3.63, 3.8) is 0 Å². The third-order valence-electron chi connectivity index (χ3n) is 3.03. The van der Waals surface area contributed by atoms with Gasteiger partial charge in [-0.05, 0) is 29.9 Å². The molecule has 0 saturated carbocycles. The Hall–Kier alpha value is -1.31. The molecule has 94 valence electrons. The molecule has 1 unspecified atom stereocenters. The minimum atomic E-state index is 0.0515. The zero-order valence-corrected chi connectivity index (χ0v) is 11.3. The van der Waals surface area contributed by atoms with Gasteiger partial charge in [0.25, 0.3) is 0 Å². The summed E-state index contributed by atoms with van der Waals surface area (Å²) in [6.07, 6.45) is 1.87. The Labute approximate surface area is 104 Å². The Morgan fingerprint density at radius 2 is 1.82 bits per heavy atom. The molecule has 1 N–H and O–H groups in total. The molecule has 0 aliphatic rings. The van der Waals surface area contributed by atoms with Crippen LogP contribution in [0.5, 0.6) is 0 Å². The first-order chi connectivity index (χ1) is 8.02. The molecule has 0 fully saturated rings. The van der Waals surface area contributed by atoms with Crippen LogP contribution in [-0.4, -0.2) is 11.9 Å². The van der Waals surface area contributed by atoms with E-state index in [4.69, 9.17) is 0 Å². The van der Waals surface area contributed by atoms with Crippen molar-refractivity contribution in [3.8, 4) is 0 Å². The van der Waals surface area contributed by atoms with Gasteiger partial charge in [0.15, 0.2) is 0 Å². The van der Waals surface area contributed by atoms with Crippen molar-refractivity contribution in [1.29, 1.82) is 0 Å². The summed E-state index contributed by atoms with van der Waals surface area (Å²) in [4.78, 5) is 11.0. The van der Waals surface area contributed by atoms with Gasteiger partial charge in [0.2, 0.25) is 5.91 Å². The van der Waals surface area contributed by atoms with Gasteiger partial charge in [0.05, 0.1) is 0 Å². The summed E-state index contributed by atoms with van der Waals surface area (Å²) in [6, 6.07) is 8.94. The van der Waals surface area contributed by atoms with E-state index in [1.54, 1.807) is 6.92 Å². The predicted octanol–water partition coefficient (Wildman–Crippen LogP) is 3.27. The average Bonchev–Trinajstić information content (AvgIpc) is 2.28. The van der Waals surface area contributed by atoms with E-state index < -0.39 is 0 Å². The summed E-state index contributed by atoms with van der Waals surface area (Å²) in [5.41, 5.74) is 2.65. The number of carbonyl (C=O) groups is 1. The maximum atomic E-state index is 11.0. The number of hydrogen-bond acceptors (Lipinski definition) is 1. The molecule has 0 saturated heterocycles. The van der Waals surface area contributed by atoms with Gasteiger partial charge in [0, 0.05) is 13.0 Å². The lowest BCUT2D eigenvalue weighted by Crippen LogP contribution is -2.34. The highest BCUT2D eigenvalue weighted by atomic mass is 16.1. The van der Waals surface area contributed by atoms with Crippen LogP contribution in [0.3, 0.4) is 0 Å². The molecular weight excluding hydrogens is 210 g/mol. The highest BCUT2D eigenvalue weighted by Gasteiger charge is 2.08. The molecule has 0 aromatic heterocycles. The minimum absolute atomic E-state index is 0.0515. The van der Waals surface area contributed by atoms with E-state index in [1.165, 1.54) is 11.1 Å². The van der Waals surface area contributed by atoms with Crippen molar-refractivity contribution in [2.45, 2.75) is 52.5 Å². The van der Waals surface area contributed by atoms with Crippen molar-refractivity contribution in [1.82, 2.24) is 5.32 Å². The Morgan fingerprint density at radius 1 is 1.24 bits per heavy atom. The van der Waals surface area contributed by atoms with Crippen molar-refractivity contribution in [2.24, 2.45) is 0 Å². The van der Waals surface area contributed by atoms with Crippen molar-refractivity contribution in [2.75, 3.05) is 0 Å². The van der Waals surface area contributed by atoms with E-state index in [0.29, 0.717) is 5.92 Å². The van der Waals surface area contributed by atoms with Crippen LogP contribution < -0.4 is 5.32 Å². The second-order valence-electron chi connectivity index (χ2n) is 4.91. The van der Waals surface area contributed by atoms with E-state index in [1.807, 2.05) is 0 Å². The summed E-state index contributed by atoms with van der Waals surface area (Å²) < 4.78 is 0. The molecule has 1 aromatic rings. The first-order valence-electron chi connectivity index (χ1n) is 6.38. The molecule has 0 heterocycles. The maximum Gasteiger partial charge on any atom is 0.217 e. The molecule has 0 bridgehead atoms.